The molecule has 0 fully saturated rings. The summed E-state index contributed by atoms with van der Waals surface area (Å²) in [6, 6.07) is 16.7. The molecule has 32 heavy (non-hydrogen) atoms. The van der Waals surface area contributed by atoms with E-state index in [9.17, 15) is 10.0 Å². The Kier molecular flexibility index (Phi) is 8.27. The summed E-state index contributed by atoms with van der Waals surface area (Å²) >= 11 is 7.54. The van der Waals surface area contributed by atoms with Gasteiger partial charge in [-0.05, 0) is 67.7 Å². The van der Waals surface area contributed by atoms with Gasteiger partial charge in [-0.3, -0.25) is 4.79 Å². The predicted octanol–water partition coefficient (Wildman–Crippen LogP) is 4.52. The van der Waals surface area contributed by atoms with E-state index in [4.69, 9.17) is 16.3 Å². The zero-order valence-electron chi connectivity index (χ0n) is 18.3. The van der Waals surface area contributed by atoms with Crippen molar-refractivity contribution in [3.8, 4) is 16.2 Å². The van der Waals surface area contributed by atoms with Gasteiger partial charge in [0.05, 0.1) is 18.4 Å². The van der Waals surface area contributed by atoms with Crippen LogP contribution >= 0.6 is 22.9 Å². The molecule has 1 heterocycles. The molecule has 1 aromatic heterocycles. The standard InChI is InChI=1S/C24H26ClN3O3S/c1-28(2)13-12-26-22(29)15-18-14-21(32-24(18)17-4-8-19(25)9-5-17)23(27-30)16-6-10-20(31-3)11-7-16/h4-11,14,30H,12-13,15H2,1-3H3,(H,26,29)/b27-23-. The molecule has 0 unspecified atom stereocenters. The zero-order valence-corrected chi connectivity index (χ0v) is 19.8. The van der Waals surface area contributed by atoms with E-state index in [0.717, 1.165) is 33.0 Å². The Morgan fingerprint density at radius 2 is 1.84 bits per heavy atom. The van der Waals surface area contributed by atoms with Gasteiger partial charge in [-0.15, -0.1) is 11.3 Å². The maximum absolute atomic E-state index is 12.6. The lowest BCUT2D eigenvalue weighted by Crippen LogP contribution is -2.32. The number of carbonyl (C=O) groups is 1. The summed E-state index contributed by atoms with van der Waals surface area (Å²) < 4.78 is 5.21. The number of ether oxygens (including phenoxy) is 1. The van der Waals surface area contributed by atoms with Crippen molar-refractivity contribution in [2.75, 3.05) is 34.3 Å². The normalized spacial score (nSPS) is 11.6. The van der Waals surface area contributed by atoms with Gasteiger partial charge in [0.25, 0.3) is 0 Å². The maximum Gasteiger partial charge on any atom is 0.224 e. The third-order valence-corrected chi connectivity index (χ3v) is 6.33. The fourth-order valence-corrected chi connectivity index (χ4v) is 4.49. The Balaban J connectivity index is 1.93. The average molecular weight is 472 g/mol. The lowest BCUT2D eigenvalue weighted by Gasteiger charge is -2.10. The molecular weight excluding hydrogens is 446 g/mol. The number of nitrogens with zero attached hydrogens (tertiary/aromatic N) is 2. The van der Waals surface area contributed by atoms with Crippen LogP contribution in [-0.4, -0.2) is 56.0 Å². The number of benzene rings is 2. The monoisotopic (exact) mass is 471 g/mol. The predicted molar refractivity (Wildman–Crippen MR) is 130 cm³/mol. The van der Waals surface area contributed by atoms with Crippen molar-refractivity contribution in [3.05, 3.63) is 75.6 Å². The highest BCUT2D eigenvalue weighted by Gasteiger charge is 2.19. The Morgan fingerprint density at radius 3 is 2.44 bits per heavy atom. The van der Waals surface area contributed by atoms with Crippen LogP contribution in [0.3, 0.4) is 0 Å². The van der Waals surface area contributed by atoms with Crippen molar-refractivity contribution in [3.63, 3.8) is 0 Å². The number of halogens is 1. The highest BCUT2D eigenvalue weighted by Crippen LogP contribution is 2.35. The molecule has 1 amide bonds. The SMILES string of the molecule is COc1ccc(/C(=N/O)c2cc(CC(=O)NCCN(C)C)c(-c3ccc(Cl)cc3)s2)cc1. The Labute approximate surface area is 197 Å². The van der Waals surface area contributed by atoms with Gasteiger partial charge in [0.1, 0.15) is 11.5 Å². The van der Waals surface area contributed by atoms with E-state index in [1.165, 1.54) is 11.3 Å². The second-order valence-corrected chi connectivity index (χ2v) is 8.97. The summed E-state index contributed by atoms with van der Waals surface area (Å²) in [7, 11) is 5.53. The van der Waals surface area contributed by atoms with E-state index in [2.05, 4.69) is 10.5 Å². The van der Waals surface area contributed by atoms with Crippen LogP contribution in [0.5, 0.6) is 5.75 Å². The lowest BCUT2D eigenvalue weighted by atomic mass is 10.0. The van der Waals surface area contributed by atoms with E-state index in [1.807, 2.05) is 73.6 Å². The third-order valence-electron chi connectivity index (χ3n) is 4.84. The second-order valence-electron chi connectivity index (χ2n) is 7.48. The molecule has 0 aliphatic rings. The quantitative estimate of drug-likeness (QED) is 0.273. The third kappa shape index (κ3) is 6.09. The molecule has 6 nitrogen and oxygen atoms in total. The van der Waals surface area contributed by atoms with E-state index in [1.54, 1.807) is 7.11 Å². The van der Waals surface area contributed by atoms with Crippen LogP contribution in [0.15, 0.2) is 59.8 Å². The molecule has 2 aromatic carbocycles. The molecule has 3 rings (SSSR count). The smallest absolute Gasteiger partial charge is 0.224 e. The van der Waals surface area contributed by atoms with Gasteiger partial charge in [-0.2, -0.15) is 0 Å². The number of oxime groups is 1. The topological polar surface area (TPSA) is 74.2 Å². The molecule has 3 aromatic rings. The van der Waals surface area contributed by atoms with Gasteiger partial charge < -0.3 is 20.2 Å². The van der Waals surface area contributed by atoms with Crippen LogP contribution in [0.4, 0.5) is 0 Å². The fraction of sp³-hybridized carbons (Fsp3) is 0.250. The highest BCUT2D eigenvalue weighted by molar-refractivity contribution is 7.17. The van der Waals surface area contributed by atoms with Gasteiger partial charge in [0, 0.05) is 28.6 Å². The van der Waals surface area contributed by atoms with Crippen LogP contribution in [0.25, 0.3) is 10.4 Å². The molecule has 0 saturated carbocycles. The van der Waals surface area contributed by atoms with Crippen molar-refractivity contribution in [1.29, 1.82) is 0 Å². The largest absolute Gasteiger partial charge is 0.497 e. The summed E-state index contributed by atoms with van der Waals surface area (Å²) in [4.78, 5) is 16.3. The molecule has 0 aliphatic carbocycles. The Bertz CT molecular complexity index is 1080. The van der Waals surface area contributed by atoms with Gasteiger partial charge in [0.15, 0.2) is 0 Å². The molecule has 2 N–H and O–H groups in total. The first-order chi connectivity index (χ1) is 15.4. The van der Waals surface area contributed by atoms with E-state index < -0.39 is 0 Å². The highest BCUT2D eigenvalue weighted by atomic mass is 35.5. The fourth-order valence-electron chi connectivity index (χ4n) is 3.17. The van der Waals surface area contributed by atoms with Crippen LogP contribution in [0.1, 0.15) is 16.0 Å². The minimum absolute atomic E-state index is 0.0571. The first-order valence-electron chi connectivity index (χ1n) is 10.1. The Hall–Kier alpha value is -2.87. The van der Waals surface area contributed by atoms with Gasteiger partial charge in [-0.25, -0.2) is 0 Å². The number of nitrogens with one attached hydrogen (secondary N) is 1. The first-order valence-corrected chi connectivity index (χ1v) is 11.3. The molecular formula is C24H26ClN3O3S. The van der Waals surface area contributed by atoms with E-state index >= 15 is 0 Å². The molecule has 0 aliphatic heterocycles. The first kappa shape index (κ1) is 23.8. The van der Waals surface area contributed by atoms with Crippen molar-refractivity contribution >= 4 is 34.6 Å². The van der Waals surface area contributed by atoms with Gasteiger partial charge >= 0.3 is 0 Å². The van der Waals surface area contributed by atoms with E-state index in [-0.39, 0.29) is 12.3 Å². The maximum atomic E-state index is 12.6. The van der Waals surface area contributed by atoms with Crippen molar-refractivity contribution in [1.82, 2.24) is 10.2 Å². The number of methoxy groups -OCH3 is 1. The van der Waals surface area contributed by atoms with Gasteiger partial charge in [0.2, 0.25) is 5.91 Å². The van der Waals surface area contributed by atoms with Crippen LogP contribution in [0, 0.1) is 0 Å². The summed E-state index contributed by atoms with van der Waals surface area (Å²) in [5.41, 5.74) is 3.00. The number of likely N-dealkylation sites (N-methyl/N-ethyl adjacent to an activating group) is 1. The molecule has 0 radical (unpaired) electrons. The number of carbonyl (C=O) groups excluding carboxylic acids is 1. The molecule has 8 heteroatoms. The molecule has 0 bridgehead atoms. The number of amides is 1. The number of hydrogen-bond acceptors (Lipinski definition) is 6. The minimum Gasteiger partial charge on any atom is -0.497 e. The second kappa shape index (κ2) is 11.1. The van der Waals surface area contributed by atoms with Gasteiger partial charge in [-0.1, -0.05) is 28.9 Å². The molecule has 0 saturated heterocycles. The molecule has 0 atom stereocenters. The van der Waals surface area contributed by atoms with E-state index in [0.29, 0.717) is 23.0 Å². The number of thiophene rings is 1. The van der Waals surface area contributed by atoms with Crippen molar-refractivity contribution in [2.24, 2.45) is 5.16 Å². The Morgan fingerprint density at radius 1 is 1.16 bits per heavy atom. The summed E-state index contributed by atoms with van der Waals surface area (Å²) in [5.74, 6) is 0.660. The molecule has 168 valence electrons. The number of rotatable bonds is 9. The lowest BCUT2D eigenvalue weighted by molar-refractivity contribution is -0.120. The number of hydrogen-bond donors (Lipinski definition) is 2. The zero-order chi connectivity index (χ0) is 23.1. The average Bonchev–Trinajstić information content (AvgIpc) is 3.18. The van der Waals surface area contributed by atoms with Crippen LogP contribution < -0.4 is 10.1 Å². The minimum atomic E-state index is -0.0571. The summed E-state index contributed by atoms with van der Waals surface area (Å²) in [5, 5.41) is 16.9. The molecule has 0 spiro atoms. The summed E-state index contributed by atoms with van der Waals surface area (Å²) in [6.07, 6.45) is 0.225. The van der Waals surface area contributed by atoms with Crippen molar-refractivity contribution < 1.29 is 14.7 Å². The van der Waals surface area contributed by atoms with Crippen LogP contribution in [0.2, 0.25) is 5.02 Å². The summed E-state index contributed by atoms with van der Waals surface area (Å²) in [6.45, 7) is 1.34. The van der Waals surface area contributed by atoms with Crippen LogP contribution in [-0.2, 0) is 11.2 Å². The van der Waals surface area contributed by atoms with Crippen molar-refractivity contribution in [2.45, 2.75) is 6.42 Å².